The maximum absolute atomic E-state index is 5.78. The minimum absolute atomic E-state index is 0.255. The van der Waals surface area contributed by atoms with Gasteiger partial charge in [-0.05, 0) is 37.1 Å². The number of hydrogen-bond acceptors (Lipinski definition) is 1. The van der Waals surface area contributed by atoms with Crippen LogP contribution in [0.5, 0.6) is 5.75 Å². The van der Waals surface area contributed by atoms with Crippen LogP contribution in [0.15, 0.2) is 24.3 Å². The Hall–Kier alpha value is -0.730. The van der Waals surface area contributed by atoms with Crippen LogP contribution >= 0.6 is 11.6 Å². The number of ether oxygens (including phenoxy) is 1. The van der Waals surface area contributed by atoms with Crippen molar-refractivity contribution in [1.29, 1.82) is 0 Å². The number of nitrogens with zero attached hydrogens (tertiary/aromatic N) is 1. The van der Waals surface area contributed by atoms with Gasteiger partial charge in [0.25, 0.3) is 0 Å². The lowest BCUT2D eigenvalue weighted by molar-refractivity contribution is 0.165. The molecule has 1 fully saturated rings. The first-order valence-corrected chi connectivity index (χ1v) is 5.28. The molecule has 1 aliphatic rings. The zero-order valence-electron chi connectivity index (χ0n) is 7.95. The summed E-state index contributed by atoms with van der Waals surface area (Å²) >= 11 is 5.78. The van der Waals surface area contributed by atoms with Crippen LogP contribution in [0.4, 0.5) is 0 Å². The highest BCUT2D eigenvalue weighted by atomic mass is 35.5. The molecule has 2 nitrogen and oxygen atoms in total. The lowest BCUT2D eigenvalue weighted by atomic mass is 10.1. The molecule has 2 rings (SSSR count). The van der Waals surface area contributed by atoms with Crippen LogP contribution in [-0.2, 0) is 0 Å². The molecule has 1 heterocycles. The summed E-state index contributed by atoms with van der Waals surface area (Å²) < 4.78 is 5.76. The van der Waals surface area contributed by atoms with Gasteiger partial charge in [-0.1, -0.05) is 11.6 Å². The summed E-state index contributed by atoms with van der Waals surface area (Å²) in [5, 5.41) is 5.06. The zero-order valence-corrected chi connectivity index (χ0v) is 8.70. The molecule has 1 radical (unpaired) electrons. The van der Waals surface area contributed by atoms with Gasteiger partial charge in [0, 0.05) is 11.6 Å². The van der Waals surface area contributed by atoms with Crippen molar-refractivity contribution in [2.24, 2.45) is 0 Å². The van der Waals surface area contributed by atoms with Gasteiger partial charge < -0.3 is 4.74 Å². The molecule has 0 aliphatic carbocycles. The highest BCUT2D eigenvalue weighted by Crippen LogP contribution is 2.18. The molecule has 1 atom stereocenters. The molecule has 3 heteroatoms. The third-order valence-corrected chi connectivity index (χ3v) is 2.54. The second-order valence-electron chi connectivity index (χ2n) is 3.47. The van der Waals surface area contributed by atoms with Crippen molar-refractivity contribution < 1.29 is 4.74 Å². The van der Waals surface area contributed by atoms with Gasteiger partial charge in [0.1, 0.15) is 11.9 Å². The maximum Gasteiger partial charge on any atom is 0.119 e. The molecule has 0 aromatic heterocycles. The standard InChI is InChI=1S/C11H13ClNO/c12-9-3-5-10(6-4-9)14-11-2-1-7-13-8-11/h3-6,11H,1-2,7-8H2/t11-/m0/s1. The van der Waals surface area contributed by atoms with E-state index in [1.165, 1.54) is 0 Å². The second-order valence-corrected chi connectivity index (χ2v) is 3.90. The first-order chi connectivity index (χ1) is 6.84. The molecule has 0 amide bonds. The van der Waals surface area contributed by atoms with Crippen LogP contribution in [0.3, 0.4) is 0 Å². The number of benzene rings is 1. The monoisotopic (exact) mass is 210 g/mol. The Labute approximate surface area is 89.2 Å². The van der Waals surface area contributed by atoms with Gasteiger partial charge in [-0.2, -0.15) is 0 Å². The van der Waals surface area contributed by atoms with Gasteiger partial charge in [0.2, 0.25) is 0 Å². The van der Waals surface area contributed by atoms with Gasteiger partial charge >= 0.3 is 0 Å². The number of piperidine rings is 1. The van der Waals surface area contributed by atoms with Gasteiger partial charge in [0.05, 0.1) is 6.54 Å². The van der Waals surface area contributed by atoms with E-state index in [0.717, 1.165) is 36.7 Å². The largest absolute Gasteiger partial charge is 0.489 e. The molecule has 1 saturated heterocycles. The van der Waals surface area contributed by atoms with Gasteiger partial charge in [-0.25, -0.2) is 5.32 Å². The number of hydrogen-bond donors (Lipinski definition) is 0. The van der Waals surface area contributed by atoms with Crippen molar-refractivity contribution in [3.8, 4) is 5.75 Å². The van der Waals surface area contributed by atoms with Crippen LogP contribution < -0.4 is 10.1 Å². The Morgan fingerprint density at radius 3 is 2.71 bits per heavy atom. The molecule has 0 spiro atoms. The van der Waals surface area contributed by atoms with E-state index in [1.54, 1.807) is 0 Å². The van der Waals surface area contributed by atoms with Crippen LogP contribution in [0.25, 0.3) is 0 Å². The van der Waals surface area contributed by atoms with Gasteiger partial charge in [-0.15, -0.1) is 0 Å². The second kappa shape index (κ2) is 4.67. The fourth-order valence-corrected chi connectivity index (χ4v) is 1.69. The molecule has 1 aliphatic heterocycles. The van der Waals surface area contributed by atoms with E-state index >= 15 is 0 Å². The summed E-state index contributed by atoms with van der Waals surface area (Å²) in [6.45, 7) is 1.81. The molecule has 0 N–H and O–H groups in total. The first-order valence-electron chi connectivity index (χ1n) is 4.90. The molecule has 0 saturated carbocycles. The fourth-order valence-electron chi connectivity index (χ4n) is 1.56. The quantitative estimate of drug-likeness (QED) is 0.736. The first kappa shape index (κ1) is 9.81. The SMILES string of the molecule is Clc1ccc(O[C@H]2CCC[N]C2)cc1. The molecule has 1 aromatic carbocycles. The van der Waals surface area contributed by atoms with E-state index in [2.05, 4.69) is 5.32 Å². The Kier molecular flexibility index (Phi) is 3.27. The minimum Gasteiger partial charge on any atom is -0.489 e. The maximum atomic E-state index is 5.78. The summed E-state index contributed by atoms with van der Waals surface area (Å²) in [4.78, 5) is 0. The molecule has 1 aromatic rings. The predicted octanol–water partition coefficient (Wildman–Crippen LogP) is 2.49. The molecule has 0 bridgehead atoms. The molecule has 14 heavy (non-hydrogen) atoms. The van der Waals surface area contributed by atoms with Crippen molar-refractivity contribution in [3.63, 3.8) is 0 Å². The van der Waals surface area contributed by atoms with Crippen molar-refractivity contribution in [1.82, 2.24) is 5.32 Å². The Morgan fingerprint density at radius 2 is 2.07 bits per heavy atom. The third kappa shape index (κ3) is 2.63. The smallest absolute Gasteiger partial charge is 0.119 e. The highest BCUT2D eigenvalue weighted by molar-refractivity contribution is 6.30. The van der Waals surface area contributed by atoms with Crippen LogP contribution in [0.2, 0.25) is 5.02 Å². The Balaban J connectivity index is 1.92. The third-order valence-electron chi connectivity index (χ3n) is 2.29. The van der Waals surface area contributed by atoms with E-state index in [1.807, 2.05) is 24.3 Å². The lowest BCUT2D eigenvalue weighted by Gasteiger charge is -2.22. The summed E-state index contributed by atoms with van der Waals surface area (Å²) in [6.07, 6.45) is 2.50. The average molecular weight is 211 g/mol. The van der Waals surface area contributed by atoms with E-state index in [9.17, 15) is 0 Å². The fraction of sp³-hybridized carbons (Fsp3) is 0.455. The van der Waals surface area contributed by atoms with Crippen LogP contribution in [0.1, 0.15) is 12.8 Å². The summed E-state index contributed by atoms with van der Waals surface area (Å²) in [7, 11) is 0. The lowest BCUT2D eigenvalue weighted by Crippen LogP contribution is -2.32. The van der Waals surface area contributed by atoms with Crippen molar-refractivity contribution in [3.05, 3.63) is 29.3 Å². The van der Waals surface area contributed by atoms with E-state index in [0.29, 0.717) is 0 Å². The molecular weight excluding hydrogens is 198 g/mol. The van der Waals surface area contributed by atoms with E-state index in [-0.39, 0.29) is 6.10 Å². The molecular formula is C11H13ClNO. The van der Waals surface area contributed by atoms with Gasteiger partial charge in [0.15, 0.2) is 0 Å². The summed E-state index contributed by atoms with van der Waals surface area (Å²) in [6, 6.07) is 7.49. The highest BCUT2D eigenvalue weighted by Gasteiger charge is 2.14. The Bertz CT molecular complexity index is 280. The Morgan fingerprint density at radius 1 is 1.29 bits per heavy atom. The molecule has 0 unspecified atom stereocenters. The summed E-state index contributed by atoms with van der Waals surface area (Å²) in [5.41, 5.74) is 0. The van der Waals surface area contributed by atoms with Crippen molar-refractivity contribution >= 4 is 11.6 Å². The van der Waals surface area contributed by atoms with Gasteiger partial charge in [-0.3, -0.25) is 0 Å². The minimum atomic E-state index is 0.255. The van der Waals surface area contributed by atoms with Crippen LogP contribution in [0, 0.1) is 0 Å². The zero-order chi connectivity index (χ0) is 9.80. The number of rotatable bonds is 2. The number of halogens is 1. The normalized spacial score (nSPS) is 21.9. The predicted molar refractivity (Wildman–Crippen MR) is 57.0 cm³/mol. The van der Waals surface area contributed by atoms with E-state index in [4.69, 9.17) is 16.3 Å². The van der Waals surface area contributed by atoms with E-state index < -0.39 is 0 Å². The van der Waals surface area contributed by atoms with Crippen LogP contribution in [-0.4, -0.2) is 19.2 Å². The summed E-state index contributed by atoms with van der Waals surface area (Å²) in [5.74, 6) is 0.886. The molecule has 75 valence electrons. The van der Waals surface area contributed by atoms with Crippen molar-refractivity contribution in [2.45, 2.75) is 18.9 Å². The van der Waals surface area contributed by atoms with Crippen molar-refractivity contribution in [2.75, 3.05) is 13.1 Å². The topological polar surface area (TPSA) is 23.3 Å². The average Bonchev–Trinajstić information content (AvgIpc) is 2.23.